The van der Waals surface area contributed by atoms with E-state index in [1.54, 1.807) is 0 Å². The fourth-order valence-electron chi connectivity index (χ4n) is 4.50. The highest BCUT2D eigenvalue weighted by atomic mass is 35.5. The SMILES string of the molecule is CC(C)(C(=O)CCc1ccc(Cl)c(C(=O)Cc2ccc(OCC(F)F)c(C(=O)Nc3nc4c(s3)CCC4)c2)c1)C(F)(F)F. The summed E-state index contributed by atoms with van der Waals surface area (Å²) in [6.07, 6.45) is -5.44. The van der Waals surface area contributed by atoms with E-state index < -0.39 is 42.1 Å². The molecule has 43 heavy (non-hydrogen) atoms. The van der Waals surface area contributed by atoms with E-state index in [1.807, 2.05) is 0 Å². The summed E-state index contributed by atoms with van der Waals surface area (Å²) in [6, 6.07) is 8.53. The Morgan fingerprint density at radius 2 is 1.74 bits per heavy atom. The van der Waals surface area contributed by atoms with Gasteiger partial charge in [-0.1, -0.05) is 23.7 Å². The topological polar surface area (TPSA) is 85.4 Å². The quantitative estimate of drug-likeness (QED) is 0.162. The molecule has 6 nitrogen and oxygen atoms in total. The Kier molecular flexibility index (Phi) is 9.90. The Balaban J connectivity index is 1.51. The van der Waals surface area contributed by atoms with Gasteiger partial charge in [0.05, 0.1) is 16.3 Å². The number of amides is 1. The van der Waals surface area contributed by atoms with Crippen LogP contribution in [0.5, 0.6) is 5.75 Å². The molecule has 1 amide bonds. The van der Waals surface area contributed by atoms with Crippen LogP contribution in [-0.2, 0) is 30.5 Å². The molecule has 0 spiro atoms. The number of anilines is 1. The van der Waals surface area contributed by atoms with Gasteiger partial charge in [0.25, 0.3) is 12.3 Å². The van der Waals surface area contributed by atoms with E-state index in [2.05, 4.69) is 10.3 Å². The molecule has 0 radical (unpaired) electrons. The molecule has 1 N–H and O–H groups in total. The lowest BCUT2D eigenvalue weighted by Gasteiger charge is -2.26. The van der Waals surface area contributed by atoms with Gasteiger partial charge in [0.1, 0.15) is 23.6 Å². The van der Waals surface area contributed by atoms with E-state index in [0.29, 0.717) is 16.3 Å². The zero-order valence-electron chi connectivity index (χ0n) is 23.2. The van der Waals surface area contributed by atoms with Gasteiger partial charge in [0, 0.05) is 23.3 Å². The van der Waals surface area contributed by atoms with Crippen molar-refractivity contribution in [2.75, 3.05) is 11.9 Å². The smallest absolute Gasteiger partial charge is 0.400 e. The van der Waals surface area contributed by atoms with E-state index in [1.165, 1.54) is 47.7 Å². The molecule has 1 aromatic heterocycles. The van der Waals surface area contributed by atoms with Gasteiger partial charge in [-0.3, -0.25) is 19.7 Å². The largest absolute Gasteiger partial charge is 0.487 e. The van der Waals surface area contributed by atoms with E-state index in [4.69, 9.17) is 16.3 Å². The van der Waals surface area contributed by atoms with Crippen molar-refractivity contribution < 1.29 is 41.1 Å². The molecule has 1 aliphatic carbocycles. The molecular weight excluding hydrogens is 615 g/mol. The first-order valence-corrected chi connectivity index (χ1v) is 14.6. The average molecular weight is 643 g/mol. The van der Waals surface area contributed by atoms with Crippen molar-refractivity contribution in [3.8, 4) is 5.75 Å². The van der Waals surface area contributed by atoms with Crippen molar-refractivity contribution in [1.29, 1.82) is 0 Å². The number of benzene rings is 2. The number of halogens is 6. The van der Waals surface area contributed by atoms with Gasteiger partial charge in [-0.25, -0.2) is 13.8 Å². The second-order valence-electron chi connectivity index (χ2n) is 10.7. The molecule has 2 aromatic carbocycles. The van der Waals surface area contributed by atoms with Crippen LogP contribution in [-0.4, -0.2) is 41.7 Å². The van der Waals surface area contributed by atoms with Crippen molar-refractivity contribution in [3.63, 3.8) is 0 Å². The third-order valence-corrected chi connectivity index (χ3v) is 8.61. The highest BCUT2D eigenvalue weighted by Crippen LogP contribution is 2.39. The number of alkyl halides is 5. The minimum Gasteiger partial charge on any atom is -0.487 e. The number of ketones is 2. The van der Waals surface area contributed by atoms with Crippen molar-refractivity contribution >= 4 is 45.5 Å². The molecule has 0 atom stereocenters. The van der Waals surface area contributed by atoms with Crippen LogP contribution < -0.4 is 10.1 Å². The van der Waals surface area contributed by atoms with Crippen LogP contribution in [0.4, 0.5) is 27.1 Å². The van der Waals surface area contributed by atoms with E-state index in [9.17, 15) is 36.3 Å². The van der Waals surface area contributed by atoms with Crippen LogP contribution in [0.25, 0.3) is 0 Å². The fraction of sp³-hybridized carbons (Fsp3) is 0.400. The highest BCUT2D eigenvalue weighted by Gasteiger charge is 2.51. The summed E-state index contributed by atoms with van der Waals surface area (Å²) in [5.41, 5.74) is -0.751. The number of thiazole rings is 1. The molecule has 1 aliphatic rings. The van der Waals surface area contributed by atoms with Crippen molar-refractivity contribution in [2.24, 2.45) is 5.41 Å². The highest BCUT2D eigenvalue weighted by molar-refractivity contribution is 7.16. The second-order valence-corrected chi connectivity index (χ2v) is 12.2. The Morgan fingerprint density at radius 3 is 2.42 bits per heavy atom. The molecule has 4 rings (SSSR count). The zero-order valence-corrected chi connectivity index (χ0v) is 24.8. The predicted molar refractivity (Wildman–Crippen MR) is 153 cm³/mol. The minimum atomic E-state index is -4.69. The molecule has 0 bridgehead atoms. The zero-order chi connectivity index (χ0) is 31.5. The third kappa shape index (κ3) is 7.77. The molecule has 0 unspecified atom stereocenters. The summed E-state index contributed by atoms with van der Waals surface area (Å²) < 4.78 is 70.5. The third-order valence-electron chi connectivity index (χ3n) is 7.21. The molecule has 3 aromatic rings. The first-order valence-electron chi connectivity index (χ1n) is 13.4. The Morgan fingerprint density at radius 1 is 1.05 bits per heavy atom. The maximum atomic E-state index is 13.2. The number of ether oxygens (including phenoxy) is 1. The standard InChI is InChI=1S/C30H28ClF5N2O4S/c1-29(2,30(34,35)36)25(40)11-8-16-6-9-20(31)18(12-16)22(39)14-17-7-10-23(42-15-26(32)33)19(13-17)27(41)38-28-37-21-4-3-5-24(21)43-28/h6-7,9-10,12-13,26H,3-5,8,11,14-15H2,1-2H3,(H,37,38,41). The maximum Gasteiger partial charge on any atom is 0.400 e. The van der Waals surface area contributed by atoms with Crippen molar-refractivity contribution in [1.82, 2.24) is 4.98 Å². The van der Waals surface area contributed by atoms with Crippen LogP contribution in [0, 0.1) is 5.41 Å². The van der Waals surface area contributed by atoms with Crippen LogP contribution in [0.3, 0.4) is 0 Å². The van der Waals surface area contributed by atoms with Gasteiger partial charge in [-0.15, -0.1) is 11.3 Å². The first kappa shape index (κ1) is 32.5. The average Bonchev–Trinajstić information content (AvgIpc) is 3.52. The minimum absolute atomic E-state index is 0.0313. The molecule has 0 fully saturated rings. The molecule has 0 saturated carbocycles. The lowest BCUT2D eigenvalue weighted by atomic mass is 9.84. The Hall–Kier alpha value is -3.38. The number of aryl methyl sites for hydroxylation is 3. The normalized spacial score (nSPS) is 13.2. The Bertz CT molecular complexity index is 1520. The second kappa shape index (κ2) is 13.1. The number of fused-ring (bicyclic) bond motifs is 1. The number of Topliss-reactive ketones (excluding diaryl/α,β-unsaturated/α-hetero) is 2. The van der Waals surface area contributed by atoms with Crippen molar-refractivity contribution in [3.05, 3.63) is 74.2 Å². The number of nitrogens with one attached hydrogen (secondary N) is 1. The maximum absolute atomic E-state index is 13.2. The van der Waals surface area contributed by atoms with E-state index in [0.717, 1.165) is 43.7 Å². The molecule has 13 heteroatoms. The van der Waals surface area contributed by atoms with Gasteiger partial charge in [-0.2, -0.15) is 13.2 Å². The molecule has 1 heterocycles. The predicted octanol–water partition coefficient (Wildman–Crippen LogP) is 7.70. The van der Waals surface area contributed by atoms with Crippen LogP contribution in [0.2, 0.25) is 5.02 Å². The van der Waals surface area contributed by atoms with Crippen LogP contribution in [0.15, 0.2) is 36.4 Å². The summed E-state index contributed by atoms with van der Waals surface area (Å²) in [5, 5.41) is 3.16. The lowest BCUT2D eigenvalue weighted by Crippen LogP contribution is -2.39. The number of hydrogen-bond donors (Lipinski definition) is 1. The van der Waals surface area contributed by atoms with E-state index in [-0.39, 0.29) is 41.2 Å². The summed E-state index contributed by atoms with van der Waals surface area (Å²) in [7, 11) is 0. The van der Waals surface area contributed by atoms with Crippen molar-refractivity contribution in [2.45, 2.75) is 65.0 Å². The van der Waals surface area contributed by atoms with Gasteiger partial charge >= 0.3 is 6.18 Å². The van der Waals surface area contributed by atoms with Crippen LogP contribution >= 0.6 is 22.9 Å². The number of nitrogens with zero attached hydrogens (tertiary/aromatic N) is 1. The molecular formula is C30H28ClF5N2O4S. The van der Waals surface area contributed by atoms with Gasteiger partial charge < -0.3 is 4.74 Å². The summed E-state index contributed by atoms with van der Waals surface area (Å²) in [5.74, 6) is -2.18. The summed E-state index contributed by atoms with van der Waals surface area (Å²) in [4.78, 5) is 44.1. The van der Waals surface area contributed by atoms with Gasteiger partial charge in [0.2, 0.25) is 0 Å². The first-order chi connectivity index (χ1) is 20.2. The summed E-state index contributed by atoms with van der Waals surface area (Å²) in [6.45, 7) is 0.719. The summed E-state index contributed by atoms with van der Waals surface area (Å²) >= 11 is 7.60. The lowest BCUT2D eigenvalue weighted by molar-refractivity contribution is -0.210. The monoisotopic (exact) mass is 642 g/mol. The molecule has 230 valence electrons. The number of carbonyl (C=O) groups excluding carboxylic acids is 3. The Labute approximate surface area is 253 Å². The van der Waals surface area contributed by atoms with Gasteiger partial charge in [0.15, 0.2) is 10.9 Å². The number of aromatic nitrogens is 1. The molecule has 0 saturated heterocycles. The van der Waals surface area contributed by atoms with E-state index >= 15 is 0 Å². The van der Waals surface area contributed by atoms with Crippen LogP contribution in [0.1, 0.15) is 69.1 Å². The fourth-order valence-corrected chi connectivity index (χ4v) is 5.77. The number of rotatable bonds is 12. The molecule has 0 aliphatic heterocycles. The number of hydrogen-bond acceptors (Lipinski definition) is 6. The number of carbonyl (C=O) groups is 3. The van der Waals surface area contributed by atoms with Gasteiger partial charge in [-0.05, 0) is 74.9 Å².